The highest BCUT2D eigenvalue weighted by Gasteiger charge is 2.22. The molecule has 29 heavy (non-hydrogen) atoms. The van der Waals surface area contributed by atoms with Crippen molar-refractivity contribution in [2.24, 2.45) is 5.92 Å². The minimum absolute atomic E-state index is 0.0519. The monoisotopic (exact) mass is 392 g/mol. The molecule has 0 aliphatic rings. The van der Waals surface area contributed by atoms with Crippen LogP contribution in [-0.4, -0.2) is 30.9 Å². The molecule has 0 heterocycles. The Morgan fingerprint density at radius 2 is 1.59 bits per heavy atom. The van der Waals surface area contributed by atoms with Gasteiger partial charge >= 0.3 is 5.97 Å². The molecule has 6 nitrogen and oxygen atoms in total. The topological polar surface area (TPSA) is 84.5 Å². The zero-order valence-electron chi connectivity index (χ0n) is 16.9. The molecular formula is C23H24N2O4. The number of anilines is 1. The Morgan fingerprint density at radius 1 is 0.966 bits per heavy atom. The third-order valence-corrected chi connectivity index (χ3v) is 4.07. The molecular weight excluding hydrogens is 368 g/mol. The van der Waals surface area contributed by atoms with Crippen LogP contribution in [0.25, 0.3) is 0 Å². The van der Waals surface area contributed by atoms with Crippen LogP contribution in [0.1, 0.15) is 42.3 Å². The SMILES string of the molecule is COC(=O)c1cccc(C#Cc2cccc(NC(=O)[C@H](NC(C)=O)C(C)C)c2)c1. The summed E-state index contributed by atoms with van der Waals surface area (Å²) in [6, 6.07) is 13.3. The zero-order valence-corrected chi connectivity index (χ0v) is 16.9. The van der Waals surface area contributed by atoms with E-state index in [9.17, 15) is 14.4 Å². The van der Waals surface area contributed by atoms with Crippen LogP contribution in [0.3, 0.4) is 0 Å². The van der Waals surface area contributed by atoms with Crippen molar-refractivity contribution < 1.29 is 19.1 Å². The second kappa shape index (κ2) is 10.1. The quantitative estimate of drug-likeness (QED) is 0.605. The van der Waals surface area contributed by atoms with E-state index in [0.29, 0.717) is 22.4 Å². The molecule has 0 saturated carbocycles. The van der Waals surface area contributed by atoms with Gasteiger partial charge in [0.25, 0.3) is 0 Å². The Morgan fingerprint density at radius 3 is 2.17 bits per heavy atom. The number of amides is 2. The molecule has 2 rings (SSSR count). The normalized spacial score (nSPS) is 11.1. The Hall–Kier alpha value is -3.59. The largest absolute Gasteiger partial charge is 0.465 e. The maximum Gasteiger partial charge on any atom is 0.337 e. The molecule has 150 valence electrons. The van der Waals surface area contributed by atoms with Crippen molar-refractivity contribution in [2.45, 2.75) is 26.8 Å². The van der Waals surface area contributed by atoms with E-state index < -0.39 is 12.0 Å². The molecule has 0 saturated heterocycles. The van der Waals surface area contributed by atoms with E-state index in [4.69, 9.17) is 4.74 Å². The number of methoxy groups -OCH3 is 1. The number of carbonyl (C=O) groups is 3. The van der Waals surface area contributed by atoms with Crippen molar-refractivity contribution in [2.75, 3.05) is 12.4 Å². The van der Waals surface area contributed by atoms with Crippen LogP contribution in [0, 0.1) is 17.8 Å². The number of benzene rings is 2. The van der Waals surface area contributed by atoms with Crippen LogP contribution in [0.2, 0.25) is 0 Å². The highest BCUT2D eigenvalue weighted by molar-refractivity contribution is 5.97. The van der Waals surface area contributed by atoms with E-state index in [0.717, 1.165) is 0 Å². The summed E-state index contributed by atoms with van der Waals surface area (Å²) in [5, 5.41) is 5.48. The van der Waals surface area contributed by atoms with Gasteiger partial charge in [-0.2, -0.15) is 0 Å². The van der Waals surface area contributed by atoms with E-state index >= 15 is 0 Å². The predicted octanol–water partition coefficient (Wildman–Crippen LogP) is 2.97. The lowest BCUT2D eigenvalue weighted by Crippen LogP contribution is -2.46. The summed E-state index contributed by atoms with van der Waals surface area (Å²) in [7, 11) is 1.33. The number of nitrogens with one attached hydrogen (secondary N) is 2. The van der Waals surface area contributed by atoms with Crippen molar-refractivity contribution in [3.8, 4) is 11.8 Å². The van der Waals surface area contributed by atoms with Crippen LogP contribution >= 0.6 is 0 Å². The third-order valence-electron chi connectivity index (χ3n) is 4.07. The van der Waals surface area contributed by atoms with Crippen molar-refractivity contribution in [3.63, 3.8) is 0 Å². The zero-order chi connectivity index (χ0) is 21.4. The van der Waals surface area contributed by atoms with Gasteiger partial charge in [-0.05, 0) is 42.3 Å². The Bertz CT molecular complexity index is 970. The first-order valence-corrected chi connectivity index (χ1v) is 9.18. The second-order valence-corrected chi connectivity index (χ2v) is 6.81. The van der Waals surface area contributed by atoms with Gasteiger partial charge in [-0.1, -0.05) is 37.8 Å². The van der Waals surface area contributed by atoms with E-state index in [1.807, 2.05) is 19.9 Å². The van der Waals surface area contributed by atoms with E-state index in [1.54, 1.807) is 42.5 Å². The van der Waals surface area contributed by atoms with Crippen molar-refractivity contribution >= 4 is 23.5 Å². The fourth-order valence-corrected chi connectivity index (χ4v) is 2.63. The highest BCUT2D eigenvalue weighted by Crippen LogP contribution is 2.13. The van der Waals surface area contributed by atoms with Crippen LogP contribution in [-0.2, 0) is 14.3 Å². The molecule has 0 aromatic heterocycles. The second-order valence-electron chi connectivity index (χ2n) is 6.81. The number of ether oxygens (including phenoxy) is 1. The first-order valence-electron chi connectivity index (χ1n) is 9.18. The smallest absolute Gasteiger partial charge is 0.337 e. The number of esters is 1. The van der Waals surface area contributed by atoms with Gasteiger partial charge in [-0.15, -0.1) is 0 Å². The number of hydrogen-bond acceptors (Lipinski definition) is 4. The van der Waals surface area contributed by atoms with E-state index in [2.05, 4.69) is 22.5 Å². The predicted molar refractivity (Wildman–Crippen MR) is 111 cm³/mol. The third kappa shape index (κ3) is 6.51. The van der Waals surface area contributed by atoms with Crippen molar-refractivity contribution in [3.05, 3.63) is 65.2 Å². The van der Waals surface area contributed by atoms with Crippen molar-refractivity contribution in [1.29, 1.82) is 0 Å². The summed E-state index contributed by atoms with van der Waals surface area (Å²) in [5.74, 6) is 5.01. The maximum absolute atomic E-state index is 12.5. The lowest BCUT2D eigenvalue weighted by molar-refractivity contribution is -0.126. The Labute approximate surface area is 170 Å². The summed E-state index contributed by atoms with van der Waals surface area (Å²) < 4.78 is 4.71. The van der Waals surface area contributed by atoms with Crippen LogP contribution in [0.15, 0.2) is 48.5 Å². The molecule has 1 atom stereocenters. The average molecular weight is 392 g/mol. The standard InChI is InChI=1S/C23H24N2O4/c1-15(2)21(24-16(3)26)22(27)25-20-10-6-8-18(14-20)12-11-17-7-5-9-19(13-17)23(28)29-4/h5-10,13-15,21H,1-4H3,(H,24,26)(H,25,27)/t21-/m1/s1. The molecule has 2 N–H and O–H groups in total. The molecule has 2 aromatic carbocycles. The summed E-state index contributed by atoms with van der Waals surface area (Å²) >= 11 is 0. The molecule has 6 heteroatoms. The van der Waals surface area contributed by atoms with Crippen LogP contribution < -0.4 is 10.6 Å². The first kappa shape index (κ1) is 21.7. The van der Waals surface area contributed by atoms with Crippen LogP contribution in [0.5, 0.6) is 0 Å². The molecule has 0 aliphatic heterocycles. The maximum atomic E-state index is 12.5. The average Bonchev–Trinajstić information content (AvgIpc) is 2.70. The molecule has 0 spiro atoms. The van der Waals surface area contributed by atoms with Crippen molar-refractivity contribution in [1.82, 2.24) is 5.32 Å². The van der Waals surface area contributed by atoms with Gasteiger partial charge < -0.3 is 15.4 Å². The number of hydrogen-bond donors (Lipinski definition) is 2. The lowest BCUT2D eigenvalue weighted by Gasteiger charge is -2.21. The minimum atomic E-state index is -0.622. The van der Waals surface area contributed by atoms with Gasteiger partial charge in [-0.3, -0.25) is 9.59 Å². The molecule has 0 radical (unpaired) electrons. The van der Waals surface area contributed by atoms with Crippen LogP contribution in [0.4, 0.5) is 5.69 Å². The molecule has 2 aromatic rings. The molecule has 0 bridgehead atoms. The van der Waals surface area contributed by atoms with Gasteiger partial charge in [0.05, 0.1) is 12.7 Å². The summed E-state index contributed by atoms with van der Waals surface area (Å²) in [4.78, 5) is 35.5. The summed E-state index contributed by atoms with van der Waals surface area (Å²) in [5.41, 5.74) is 2.39. The molecule has 2 amide bonds. The summed E-state index contributed by atoms with van der Waals surface area (Å²) in [6.07, 6.45) is 0. The highest BCUT2D eigenvalue weighted by atomic mass is 16.5. The molecule has 0 aliphatic carbocycles. The van der Waals surface area contributed by atoms with Gasteiger partial charge in [0.2, 0.25) is 11.8 Å². The lowest BCUT2D eigenvalue weighted by atomic mass is 10.0. The van der Waals surface area contributed by atoms with E-state index in [1.165, 1.54) is 14.0 Å². The molecule has 0 fully saturated rings. The summed E-state index contributed by atoms with van der Waals surface area (Å²) in [6.45, 7) is 5.11. The van der Waals surface area contributed by atoms with Gasteiger partial charge in [0.1, 0.15) is 6.04 Å². The van der Waals surface area contributed by atoms with E-state index in [-0.39, 0.29) is 17.7 Å². The fraction of sp³-hybridized carbons (Fsp3) is 0.261. The Kier molecular flexibility index (Phi) is 7.55. The van der Waals surface area contributed by atoms with Gasteiger partial charge in [0, 0.05) is 23.7 Å². The molecule has 0 unspecified atom stereocenters. The first-order chi connectivity index (χ1) is 13.8. The Balaban J connectivity index is 2.16. The van der Waals surface area contributed by atoms with Gasteiger partial charge in [0.15, 0.2) is 0 Å². The minimum Gasteiger partial charge on any atom is -0.465 e. The number of rotatable bonds is 5. The van der Waals surface area contributed by atoms with Gasteiger partial charge in [-0.25, -0.2) is 4.79 Å². The number of carbonyl (C=O) groups excluding carboxylic acids is 3. The fourth-order valence-electron chi connectivity index (χ4n) is 2.63.